The van der Waals surface area contributed by atoms with Gasteiger partial charge in [-0.1, -0.05) is 5.92 Å². The Morgan fingerprint density at radius 3 is 2.88 bits per heavy atom. The summed E-state index contributed by atoms with van der Waals surface area (Å²) in [5, 5.41) is 7.80. The Kier molecular flexibility index (Phi) is 6.80. The van der Waals surface area contributed by atoms with Crippen LogP contribution in [-0.2, 0) is 28.9 Å². The normalized spacial score (nSPS) is 17.1. The van der Waals surface area contributed by atoms with E-state index in [-0.39, 0.29) is 29.1 Å². The Bertz CT molecular complexity index is 1100. The van der Waals surface area contributed by atoms with Crippen LogP contribution >= 0.6 is 0 Å². The molecule has 0 unspecified atom stereocenters. The number of aromatic nitrogens is 2. The SMILES string of the molecule is C#Cc1ccc(C(=O)OCCCc2nn(CC)c3c2CC2(CCOCC2)CNC3=O)cc1F. The first kappa shape index (κ1) is 23.0. The van der Waals surface area contributed by atoms with Crippen molar-refractivity contribution in [1.82, 2.24) is 15.1 Å². The number of ether oxygens (including phenoxy) is 2. The molecule has 33 heavy (non-hydrogen) atoms. The van der Waals surface area contributed by atoms with E-state index >= 15 is 0 Å². The third kappa shape index (κ3) is 4.79. The number of benzene rings is 1. The van der Waals surface area contributed by atoms with Crippen molar-refractivity contribution in [2.75, 3.05) is 26.4 Å². The van der Waals surface area contributed by atoms with Crippen LogP contribution in [0.15, 0.2) is 18.2 Å². The third-order valence-electron chi connectivity index (χ3n) is 6.53. The molecule has 1 saturated heterocycles. The van der Waals surface area contributed by atoms with E-state index < -0.39 is 11.8 Å². The number of carbonyl (C=O) groups excluding carboxylic acids is 2. The third-order valence-corrected chi connectivity index (χ3v) is 6.53. The van der Waals surface area contributed by atoms with Gasteiger partial charge in [-0.3, -0.25) is 9.48 Å². The van der Waals surface area contributed by atoms with Gasteiger partial charge in [-0.15, -0.1) is 6.42 Å². The molecule has 0 bridgehead atoms. The van der Waals surface area contributed by atoms with E-state index in [0.29, 0.717) is 44.8 Å². The largest absolute Gasteiger partial charge is 0.462 e. The summed E-state index contributed by atoms with van der Waals surface area (Å²) >= 11 is 0. The minimum Gasteiger partial charge on any atom is -0.462 e. The Balaban J connectivity index is 1.44. The molecule has 1 fully saturated rings. The van der Waals surface area contributed by atoms with Crippen LogP contribution in [0.2, 0.25) is 0 Å². The van der Waals surface area contributed by atoms with Gasteiger partial charge in [-0.25, -0.2) is 9.18 Å². The van der Waals surface area contributed by atoms with Gasteiger partial charge >= 0.3 is 5.97 Å². The summed E-state index contributed by atoms with van der Waals surface area (Å²) in [5.41, 5.74) is 2.70. The van der Waals surface area contributed by atoms with E-state index in [0.717, 1.165) is 36.6 Å². The molecule has 2 aromatic rings. The summed E-state index contributed by atoms with van der Waals surface area (Å²) in [6, 6.07) is 3.93. The highest BCUT2D eigenvalue weighted by Crippen LogP contribution is 2.37. The maximum atomic E-state index is 13.8. The van der Waals surface area contributed by atoms with Gasteiger partial charge in [0.2, 0.25) is 0 Å². The van der Waals surface area contributed by atoms with Gasteiger partial charge in [-0.05, 0) is 62.6 Å². The van der Waals surface area contributed by atoms with Crippen LogP contribution in [0, 0.1) is 23.6 Å². The van der Waals surface area contributed by atoms with E-state index in [1.807, 2.05) is 6.92 Å². The summed E-state index contributed by atoms with van der Waals surface area (Å²) in [6.45, 7) is 4.75. The molecule has 174 valence electrons. The van der Waals surface area contributed by atoms with Crippen LogP contribution in [0.3, 0.4) is 0 Å². The number of rotatable bonds is 6. The highest BCUT2D eigenvalue weighted by molar-refractivity contribution is 5.94. The molecule has 0 atom stereocenters. The van der Waals surface area contributed by atoms with Crippen molar-refractivity contribution in [2.24, 2.45) is 5.41 Å². The van der Waals surface area contributed by atoms with Gasteiger partial charge in [0.25, 0.3) is 5.91 Å². The Hall–Kier alpha value is -3.18. The Morgan fingerprint density at radius 1 is 1.39 bits per heavy atom. The van der Waals surface area contributed by atoms with Crippen molar-refractivity contribution in [2.45, 2.75) is 45.6 Å². The minimum absolute atomic E-state index is 0.0173. The second-order valence-electron chi connectivity index (χ2n) is 8.64. The number of aryl methyl sites for hydroxylation is 2. The lowest BCUT2D eigenvalue weighted by Crippen LogP contribution is -2.40. The first-order chi connectivity index (χ1) is 16.0. The van der Waals surface area contributed by atoms with E-state index in [2.05, 4.69) is 11.2 Å². The first-order valence-electron chi connectivity index (χ1n) is 11.3. The van der Waals surface area contributed by atoms with E-state index in [9.17, 15) is 14.0 Å². The lowest BCUT2D eigenvalue weighted by molar-refractivity contribution is 0.0160. The molecule has 7 nitrogen and oxygen atoms in total. The highest BCUT2D eigenvalue weighted by atomic mass is 19.1. The average Bonchev–Trinajstić information content (AvgIpc) is 3.10. The molecule has 1 amide bonds. The number of hydrogen-bond donors (Lipinski definition) is 1. The monoisotopic (exact) mass is 453 g/mol. The van der Waals surface area contributed by atoms with Crippen molar-refractivity contribution in [3.05, 3.63) is 52.1 Å². The standard InChI is InChI=1S/C25H28FN3O4/c1-3-17-7-8-18(14-20(17)26)24(31)33-11-5-6-21-19-15-25(9-12-32-13-10-25)16-27-23(30)22(19)29(4-2)28-21/h1,7-8,14H,4-6,9-13,15-16H2,2H3,(H,27,30). The quantitative estimate of drug-likeness (QED) is 0.413. The first-order valence-corrected chi connectivity index (χ1v) is 11.3. The maximum Gasteiger partial charge on any atom is 0.338 e. The second kappa shape index (κ2) is 9.75. The molecular formula is C25H28FN3O4. The summed E-state index contributed by atoms with van der Waals surface area (Å²) < 4.78 is 26.5. The van der Waals surface area contributed by atoms with Crippen LogP contribution in [0.5, 0.6) is 0 Å². The van der Waals surface area contributed by atoms with Crippen molar-refractivity contribution in [3.8, 4) is 12.3 Å². The van der Waals surface area contributed by atoms with E-state index in [1.54, 1.807) is 4.68 Å². The van der Waals surface area contributed by atoms with Crippen LogP contribution in [-0.4, -0.2) is 48.0 Å². The number of esters is 1. The zero-order chi connectivity index (χ0) is 23.4. The number of fused-ring (bicyclic) bond motifs is 1. The Labute approximate surface area is 192 Å². The van der Waals surface area contributed by atoms with Crippen molar-refractivity contribution < 1.29 is 23.5 Å². The summed E-state index contributed by atoms with van der Waals surface area (Å²) in [5.74, 6) is 0.910. The molecule has 0 radical (unpaired) electrons. The molecule has 1 aromatic carbocycles. The van der Waals surface area contributed by atoms with Crippen LogP contribution in [0.25, 0.3) is 0 Å². The molecule has 1 spiro atoms. The number of halogens is 1. The molecule has 3 heterocycles. The zero-order valence-electron chi connectivity index (χ0n) is 18.8. The van der Waals surface area contributed by atoms with Crippen molar-refractivity contribution >= 4 is 11.9 Å². The number of nitrogens with zero attached hydrogens (tertiary/aromatic N) is 2. The molecule has 0 aliphatic carbocycles. The zero-order valence-corrected chi connectivity index (χ0v) is 18.8. The molecule has 2 aliphatic rings. The van der Waals surface area contributed by atoms with E-state index in [1.165, 1.54) is 12.1 Å². The summed E-state index contributed by atoms with van der Waals surface area (Å²) in [7, 11) is 0. The number of amides is 1. The molecule has 1 N–H and O–H groups in total. The predicted molar refractivity (Wildman–Crippen MR) is 119 cm³/mol. The Morgan fingerprint density at radius 2 is 2.18 bits per heavy atom. The second-order valence-corrected chi connectivity index (χ2v) is 8.64. The number of terminal acetylenes is 1. The fraction of sp³-hybridized carbons (Fsp3) is 0.480. The smallest absolute Gasteiger partial charge is 0.338 e. The van der Waals surface area contributed by atoms with Crippen molar-refractivity contribution in [1.29, 1.82) is 0 Å². The van der Waals surface area contributed by atoms with Gasteiger partial charge < -0.3 is 14.8 Å². The molecule has 4 rings (SSSR count). The van der Waals surface area contributed by atoms with Gasteiger partial charge in [0.05, 0.1) is 23.4 Å². The average molecular weight is 454 g/mol. The fourth-order valence-electron chi connectivity index (χ4n) is 4.61. The van der Waals surface area contributed by atoms with Gasteiger partial charge in [0.15, 0.2) is 0 Å². The lowest BCUT2D eigenvalue weighted by atomic mass is 9.75. The van der Waals surface area contributed by atoms with Crippen molar-refractivity contribution in [3.63, 3.8) is 0 Å². The predicted octanol–water partition coefficient (Wildman–Crippen LogP) is 2.90. The fourth-order valence-corrected chi connectivity index (χ4v) is 4.61. The molecule has 0 saturated carbocycles. The summed E-state index contributed by atoms with van der Waals surface area (Å²) in [4.78, 5) is 25.1. The lowest BCUT2D eigenvalue weighted by Gasteiger charge is -2.36. The van der Waals surface area contributed by atoms with Gasteiger partial charge in [0, 0.05) is 31.9 Å². The van der Waals surface area contributed by atoms with Crippen LogP contribution in [0.4, 0.5) is 4.39 Å². The molecule has 2 aliphatic heterocycles. The topological polar surface area (TPSA) is 82.4 Å². The van der Waals surface area contributed by atoms with Crippen LogP contribution in [0.1, 0.15) is 63.9 Å². The number of carbonyl (C=O) groups is 2. The molecule has 1 aromatic heterocycles. The minimum atomic E-state index is -0.625. The number of nitrogens with one attached hydrogen (secondary N) is 1. The molecular weight excluding hydrogens is 425 g/mol. The van der Waals surface area contributed by atoms with Gasteiger partial charge in [-0.2, -0.15) is 5.10 Å². The van der Waals surface area contributed by atoms with Crippen LogP contribution < -0.4 is 5.32 Å². The summed E-state index contributed by atoms with van der Waals surface area (Å²) in [6.07, 6.45) is 8.91. The highest BCUT2D eigenvalue weighted by Gasteiger charge is 2.39. The van der Waals surface area contributed by atoms with Gasteiger partial charge in [0.1, 0.15) is 11.5 Å². The number of hydrogen-bond acceptors (Lipinski definition) is 5. The maximum absolute atomic E-state index is 13.8. The molecule has 8 heteroatoms. The van der Waals surface area contributed by atoms with E-state index in [4.69, 9.17) is 21.0 Å².